The molecular formula is C25H25Cl. The summed E-state index contributed by atoms with van der Waals surface area (Å²) in [4.78, 5) is 0. The summed E-state index contributed by atoms with van der Waals surface area (Å²) in [6.07, 6.45) is 0. The molecular weight excluding hydrogens is 336 g/mol. The van der Waals surface area contributed by atoms with Crippen molar-refractivity contribution < 1.29 is 0 Å². The second kappa shape index (κ2) is 5.72. The number of hydrogen-bond donors (Lipinski definition) is 0. The third-order valence-electron chi connectivity index (χ3n) is 5.72. The van der Waals surface area contributed by atoms with Crippen LogP contribution in [0.25, 0.3) is 22.3 Å². The molecule has 4 rings (SSSR count). The van der Waals surface area contributed by atoms with Gasteiger partial charge in [0.2, 0.25) is 0 Å². The van der Waals surface area contributed by atoms with Crippen LogP contribution >= 0.6 is 11.6 Å². The second-order valence-corrected chi connectivity index (χ2v) is 9.31. The zero-order valence-corrected chi connectivity index (χ0v) is 16.9. The summed E-state index contributed by atoms with van der Waals surface area (Å²) in [5.41, 5.74) is 9.44. The Morgan fingerprint density at radius 2 is 1.46 bits per heavy atom. The van der Waals surface area contributed by atoms with Crippen molar-refractivity contribution in [2.45, 2.75) is 45.4 Å². The molecule has 0 aliphatic heterocycles. The zero-order valence-electron chi connectivity index (χ0n) is 16.2. The Bertz CT molecular complexity index is 986. The molecule has 1 heteroatoms. The van der Waals surface area contributed by atoms with Crippen molar-refractivity contribution in [3.8, 4) is 22.3 Å². The maximum absolute atomic E-state index is 6.31. The molecule has 132 valence electrons. The number of hydrogen-bond acceptors (Lipinski definition) is 0. The normalized spacial score (nSPS) is 14.8. The van der Waals surface area contributed by atoms with E-state index in [0.29, 0.717) is 0 Å². The van der Waals surface area contributed by atoms with E-state index >= 15 is 0 Å². The summed E-state index contributed by atoms with van der Waals surface area (Å²) in [7, 11) is 0. The molecule has 0 aromatic heterocycles. The number of halogens is 1. The summed E-state index contributed by atoms with van der Waals surface area (Å²) in [6, 6.07) is 22.0. The van der Waals surface area contributed by atoms with Crippen LogP contribution in [0.4, 0.5) is 0 Å². The smallest absolute Gasteiger partial charge is 0.0409 e. The minimum atomic E-state index is -0.0308. The van der Waals surface area contributed by atoms with Gasteiger partial charge < -0.3 is 0 Å². The highest BCUT2D eigenvalue weighted by molar-refractivity contribution is 6.30. The Balaban J connectivity index is 1.93. The summed E-state index contributed by atoms with van der Waals surface area (Å²) in [6.45, 7) is 11.3. The fourth-order valence-electron chi connectivity index (χ4n) is 4.15. The third-order valence-corrected chi connectivity index (χ3v) is 5.96. The van der Waals surface area contributed by atoms with Crippen molar-refractivity contribution in [1.82, 2.24) is 0 Å². The molecule has 0 bridgehead atoms. The minimum Gasteiger partial charge on any atom is -0.0843 e. The molecule has 0 amide bonds. The molecule has 0 nitrogen and oxygen atoms in total. The average molecular weight is 361 g/mol. The largest absolute Gasteiger partial charge is 0.0843 e. The first-order chi connectivity index (χ1) is 12.2. The number of rotatable bonds is 1. The monoisotopic (exact) mass is 360 g/mol. The van der Waals surface area contributed by atoms with E-state index in [-0.39, 0.29) is 10.8 Å². The quantitative estimate of drug-likeness (QED) is 0.418. The molecule has 0 saturated heterocycles. The van der Waals surface area contributed by atoms with Crippen molar-refractivity contribution in [3.63, 3.8) is 0 Å². The van der Waals surface area contributed by atoms with Crippen LogP contribution in [-0.4, -0.2) is 0 Å². The van der Waals surface area contributed by atoms with Gasteiger partial charge >= 0.3 is 0 Å². The zero-order chi connectivity index (χ0) is 18.7. The van der Waals surface area contributed by atoms with Crippen LogP contribution < -0.4 is 0 Å². The first kappa shape index (κ1) is 17.4. The molecule has 1 aliphatic rings. The van der Waals surface area contributed by atoms with Gasteiger partial charge in [-0.15, -0.1) is 0 Å². The van der Waals surface area contributed by atoms with Crippen molar-refractivity contribution in [1.29, 1.82) is 0 Å². The summed E-state index contributed by atoms with van der Waals surface area (Å²) in [5.74, 6) is 0. The van der Waals surface area contributed by atoms with E-state index in [9.17, 15) is 0 Å². The van der Waals surface area contributed by atoms with Crippen LogP contribution in [0.1, 0.15) is 51.3 Å². The first-order valence-corrected chi connectivity index (χ1v) is 9.62. The molecule has 0 atom stereocenters. The second-order valence-electron chi connectivity index (χ2n) is 8.87. The molecule has 0 radical (unpaired) electrons. The number of fused-ring (bicyclic) bond motifs is 3. The molecule has 3 aromatic rings. The Labute approximate surface area is 161 Å². The van der Waals surface area contributed by atoms with E-state index < -0.39 is 0 Å². The summed E-state index contributed by atoms with van der Waals surface area (Å²) < 4.78 is 0. The van der Waals surface area contributed by atoms with Gasteiger partial charge in [0, 0.05) is 10.4 Å². The van der Waals surface area contributed by atoms with Gasteiger partial charge in [0.05, 0.1) is 0 Å². The third kappa shape index (κ3) is 2.59. The fourth-order valence-corrected chi connectivity index (χ4v) is 4.32. The van der Waals surface area contributed by atoms with E-state index in [1.807, 2.05) is 6.07 Å². The van der Waals surface area contributed by atoms with E-state index in [0.717, 1.165) is 5.02 Å². The van der Waals surface area contributed by atoms with E-state index in [1.165, 1.54) is 38.9 Å². The average Bonchev–Trinajstić information content (AvgIpc) is 2.82. The van der Waals surface area contributed by atoms with Crippen molar-refractivity contribution >= 4 is 11.6 Å². The highest BCUT2D eigenvalue weighted by Crippen LogP contribution is 2.52. The molecule has 3 aromatic carbocycles. The van der Waals surface area contributed by atoms with Gasteiger partial charge in [-0.25, -0.2) is 0 Å². The molecule has 0 unspecified atom stereocenters. The molecule has 0 N–H and O–H groups in total. The lowest BCUT2D eigenvalue weighted by atomic mass is 9.81. The first-order valence-electron chi connectivity index (χ1n) is 9.24. The molecule has 26 heavy (non-hydrogen) atoms. The topological polar surface area (TPSA) is 0 Å². The number of benzene rings is 3. The Morgan fingerprint density at radius 1 is 0.769 bits per heavy atom. The van der Waals surface area contributed by atoms with Gasteiger partial charge in [-0.2, -0.15) is 0 Å². The predicted molar refractivity (Wildman–Crippen MR) is 113 cm³/mol. The minimum absolute atomic E-state index is 0.0308. The Kier molecular flexibility index (Phi) is 3.82. The molecule has 0 heterocycles. The SMILES string of the molecule is CC(C)(C)c1ccc(-c2cccc3c2-c2ccc(Cl)cc2C3(C)C)cc1. The fraction of sp³-hybridized carbons (Fsp3) is 0.280. The maximum Gasteiger partial charge on any atom is 0.0409 e. The van der Waals surface area contributed by atoms with Crippen LogP contribution in [-0.2, 0) is 10.8 Å². The predicted octanol–water partition coefficient (Wildman–Crippen LogP) is 7.61. The molecule has 1 aliphatic carbocycles. The lowest BCUT2D eigenvalue weighted by molar-refractivity contribution is 0.590. The van der Waals surface area contributed by atoms with Crippen LogP contribution in [0.5, 0.6) is 0 Å². The molecule has 0 fully saturated rings. The summed E-state index contributed by atoms with van der Waals surface area (Å²) >= 11 is 6.31. The standard InChI is InChI=1S/C25H25Cl/c1-24(2,3)17-11-9-16(10-12-17)19-7-6-8-21-23(19)20-14-13-18(26)15-22(20)25(21,4)5/h6-15H,1-5H3. The highest BCUT2D eigenvalue weighted by Gasteiger charge is 2.36. The van der Waals surface area contributed by atoms with Crippen molar-refractivity contribution in [2.24, 2.45) is 0 Å². The van der Waals surface area contributed by atoms with Gasteiger partial charge in [0.15, 0.2) is 0 Å². The van der Waals surface area contributed by atoms with Gasteiger partial charge in [0.25, 0.3) is 0 Å². The lowest BCUT2D eigenvalue weighted by Gasteiger charge is -2.22. The van der Waals surface area contributed by atoms with E-state index in [1.54, 1.807) is 0 Å². The van der Waals surface area contributed by atoms with Gasteiger partial charge in [-0.3, -0.25) is 0 Å². The van der Waals surface area contributed by atoms with E-state index in [2.05, 4.69) is 89.2 Å². The van der Waals surface area contributed by atoms with Gasteiger partial charge in [-0.05, 0) is 56.5 Å². The van der Waals surface area contributed by atoms with Crippen molar-refractivity contribution in [3.05, 3.63) is 82.4 Å². The van der Waals surface area contributed by atoms with Gasteiger partial charge in [-0.1, -0.05) is 94.8 Å². The van der Waals surface area contributed by atoms with Crippen LogP contribution in [0.15, 0.2) is 60.7 Å². The lowest BCUT2D eigenvalue weighted by Crippen LogP contribution is -2.14. The molecule has 0 spiro atoms. The van der Waals surface area contributed by atoms with E-state index in [4.69, 9.17) is 11.6 Å². The Hall–Kier alpha value is -2.05. The van der Waals surface area contributed by atoms with Crippen LogP contribution in [0, 0.1) is 0 Å². The Morgan fingerprint density at radius 3 is 2.12 bits per heavy atom. The maximum atomic E-state index is 6.31. The highest BCUT2D eigenvalue weighted by atomic mass is 35.5. The van der Waals surface area contributed by atoms with Crippen LogP contribution in [0.3, 0.4) is 0 Å². The van der Waals surface area contributed by atoms with Gasteiger partial charge in [0.1, 0.15) is 0 Å². The van der Waals surface area contributed by atoms with Crippen LogP contribution in [0.2, 0.25) is 5.02 Å². The molecule has 0 saturated carbocycles. The summed E-state index contributed by atoms with van der Waals surface area (Å²) in [5, 5.41) is 0.806. The van der Waals surface area contributed by atoms with Crippen molar-refractivity contribution in [2.75, 3.05) is 0 Å².